The molecule has 4 N–H and O–H groups in total. The van der Waals surface area contributed by atoms with Crippen molar-refractivity contribution in [2.75, 3.05) is 5.73 Å². The Bertz CT molecular complexity index is 721. The van der Waals surface area contributed by atoms with E-state index in [1.54, 1.807) is 24.3 Å². The number of nitrogens with zero attached hydrogens (tertiary/aromatic N) is 4. The maximum Gasteiger partial charge on any atom is 0.215 e. The number of hydrogen-bond donors (Lipinski definition) is 3. The summed E-state index contributed by atoms with van der Waals surface area (Å²) in [6.07, 6.45) is 1.40. The van der Waals surface area contributed by atoms with Crippen LogP contribution in [0.15, 0.2) is 36.5 Å². The van der Waals surface area contributed by atoms with Gasteiger partial charge in [0.05, 0.1) is 6.20 Å². The summed E-state index contributed by atoms with van der Waals surface area (Å²) in [7, 11) is -3.25. The predicted molar refractivity (Wildman–Crippen MR) is 70.1 cm³/mol. The molecule has 8 nitrogen and oxygen atoms in total. The Morgan fingerprint density at radius 1 is 1.05 bits per heavy atom. The number of H-pyrrole nitrogens is 2. The zero-order valence-electron chi connectivity index (χ0n) is 9.69. The second-order valence-corrected chi connectivity index (χ2v) is 6.42. The summed E-state index contributed by atoms with van der Waals surface area (Å²) in [6, 6.07) is 8.90. The number of nitrogens with one attached hydrogen (secondary N) is 2. The van der Waals surface area contributed by atoms with Gasteiger partial charge in [-0.15, -0.1) is 10.2 Å². The van der Waals surface area contributed by atoms with E-state index < -0.39 is 7.14 Å². The number of rotatable bonds is 3. The lowest BCUT2D eigenvalue weighted by molar-refractivity contribution is 0.591. The Morgan fingerprint density at radius 3 is 2.42 bits per heavy atom. The molecule has 0 aliphatic heterocycles. The van der Waals surface area contributed by atoms with Crippen LogP contribution in [0.3, 0.4) is 0 Å². The van der Waals surface area contributed by atoms with E-state index in [0.29, 0.717) is 10.7 Å². The molecule has 19 heavy (non-hydrogen) atoms. The second-order valence-electron chi connectivity index (χ2n) is 3.81. The average Bonchev–Trinajstić information content (AvgIpc) is 3.10. The molecule has 0 saturated heterocycles. The van der Waals surface area contributed by atoms with Gasteiger partial charge in [0.1, 0.15) is 0 Å². The minimum Gasteiger partial charge on any atom is -0.380 e. The van der Waals surface area contributed by atoms with E-state index in [9.17, 15) is 4.57 Å². The van der Waals surface area contributed by atoms with Gasteiger partial charge in [-0.3, -0.25) is 0 Å². The Hall–Kier alpha value is -2.47. The first-order valence-corrected chi connectivity index (χ1v) is 7.12. The molecule has 0 spiro atoms. The van der Waals surface area contributed by atoms with Crippen molar-refractivity contribution in [3.05, 3.63) is 36.5 Å². The lowest BCUT2D eigenvalue weighted by Gasteiger charge is -2.13. The van der Waals surface area contributed by atoms with Gasteiger partial charge in [-0.2, -0.15) is 20.6 Å². The van der Waals surface area contributed by atoms with Gasteiger partial charge in [0, 0.05) is 5.30 Å². The molecule has 1 atom stereocenters. The van der Waals surface area contributed by atoms with E-state index in [1.807, 2.05) is 6.07 Å². The Balaban J connectivity index is 2.29. The minimum atomic E-state index is -3.25. The first kappa shape index (κ1) is 11.6. The zero-order valence-corrected chi connectivity index (χ0v) is 10.6. The van der Waals surface area contributed by atoms with Crippen molar-refractivity contribution in [1.82, 2.24) is 30.8 Å². The van der Waals surface area contributed by atoms with Crippen molar-refractivity contribution < 1.29 is 4.57 Å². The largest absolute Gasteiger partial charge is 0.380 e. The SMILES string of the molecule is Nc1n[nH]nc1P(=O)(c1ccccc1)c1cn[nH]n1. The smallest absolute Gasteiger partial charge is 0.215 e. The van der Waals surface area contributed by atoms with E-state index >= 15 is 0 Å². The normalized spacial score (nSPS) is 14.1. The van der Waals surface area contributed by atoms with Crippen LogP contribution in [0.1, 0.15) is 0 Å². The van der Waals surface area contributed by atoms with E-state index in [-0.39, 0.29) is 11.3 Å². The third-order valence-electron chi connectivity index (χ3n) is 2.70. The lowest BCUT2D eigenvalue weighted by Crippen LogP contribution is -2.28. The monoisotopic (exact) mass is 275 g/mol. The minimum absolute atomic E-state index is 0.0928. The molecule has 9 heteroatoms. The molecule has 2 aromatic heterocycles. The van der Waals surface area contributed by atoms with Crippen LogP contribution in [-0.2, 0) is 4.57 Å². The molecule has 1 unspecified atom stereocenters. The summed E-state index contributed by atoms with van der Waals surface area (Å²) in [5.74, 6) is 0.0928. The molecule has 0 fully saturated rings. The van der Waals surface area contributed by atoms with Crippen molar-refractivity contribution in [1.29, 1.82) is 0 Å². The summed E-state index contributed by atoms with van der Waals surface area (Å²) in [5.41, 5.74) is 6.21. The second kappa shape index (κ2) is 4.33. The fourth-order valence-corrected chi connectivity index (χ4v) is 4.10. The molecule has 0 saturated carbocycles. The van der Waals surface area contributed by atoms with Gasteiger partial charge in [0.2, 0.25) is 7.14 Å². The van der Waals surface area contributed by atoms with Crippen molar-refractivity contribution in [2.24, 2.45) is 0 Å². The number of aromatic nitrogens is 6. The lowest BCUT2D eigenvalue weighted by atomic mass is 10.4. The zero-order chi connectivity index (χ0) is 13.3. The van der Waals surface area contributed by atoms with Crippen LogP contribution in [0, 0.1) is 0 Å². The van der Waals surface area contributed by atoms with Crippen molar-refractivity contribution in [3.8, 4) is 0 Å². The number of aromatic amines is 2. The molecule has 3 aromatic rings. The van der Waals surface area contributed by atoms with Crippen LogP contribution in [0.5, 0.6) is 0 Å². The van der Waals surface area contributed by atoms with Gasteiger partial charge in [-0.1, -0.05) is 30.3 Å². The molecule has 2 heterocycles. The number of hydrogen-bond acceptors (Lipinski definition) is 6. The molecule has 3 rings (SSSR count). The number of nitrogens with two attached hydrogens (primary N) is 1. The van der Waals surface area contributed by atoms with Crippen LogP contribution >= 0.6 is 7.14 Å². The molecule has 0 aliphatic rings. The highest BCUT2D eigenvalue weighted by Crippen LogP contribution is 2.41. The van der Waals surface area contributed by atoms with Crippen LogP contribution in [0.2, 0.25) is 0 Å². The Kier molecular flexibility index (Phi) is 2.64. The van der Waals surface area contributed by atoms with Gasteiger partial charge in [0.25, 0.3) is 0 Å². The third-order valence-corrected chi connectivity index (χ3v) is 5.51. The predicted octanol–water partition coefficient (Wildman–Crippen LogP) is -0.856. The number of nitrogen functional groups attached to an aromatic ring is 1. The first-order valence-electron chi connectivity index (χ1n) is 5.41. The first-order chi connectivity index (χ1) is 9.23. The van der Waals surface area contributed by atoms with Crippen molar-refractivity contribution in [2.45, 2.75) is 0 Å². The van der Waals surface area contributed by atoms with E-state index in [2.05, 4.69) is 30.8 Å². The van der Waals surface area contributed by atoms with Crippen LogP contribution < -0.4 is 21.9 Å². The van der Waals surface area contributed by atoms with Gasteiger partial charge < -0.3 is 10.3 Å². The Labute approximate surface area is 107 Å². The van der Waals surface area contributed by atoms with Crippen molar-refractivity contribution >= 4 is 29.1 Å². The molecule has 0 bridgehead atoms. The Morgan fingerprint density at radius 2 is 1.84 bits per heavy atom. The fraction of sp³-hybridized carbons (Fsp3) is 0. The van der Waals surface area contributed by atoms with Gasteiger partial charge in [-0.25, -0.2) is 0 Å². The van der Waals surface area contributed by atoms with Gasteiger partial charge in [-0.05, 0) is 0 Å². The molecular formula is C10H10N7OP. The molecule has 0 radical (unpaired) electrons. The molecule has 1 aromatic carbocycles. The highest BCUT2D eigenvalue weighted by Gasteiger charge is 2.37. The highest BCUT2D eigenvalue weighted by molar-refractivity contribution is 7.85. The standard InChI is InChI=1S/C10H10N7OP/c11-9-10(15-17-14-9)19(18,8-6-12-16-13-8)7-4-2-1-3-5-7/h1-6H,(H,12,13,16)(H3,11,14,15,17). The van der Waals surface area contributed by atoms with E-state index in [1.165, 1.54) is 6.20 Å². The summed E-state index contributed by atoms with van der Waals surface area (Å²) < 4.78 is 13.4. The molecular weight excluding hydrogens is 265 g/mol. The maximum atomic E-state index is 13.4. The fourth-order valence-electron chi connectivity index (χ4n) is 1.81. The molecule has 96 valence electrons. The van der Waals surface area contributed by atoms with Crippen LogP contribution in [0.25, 0.3) is 0 Å². The van der Waals surface area contributed by atoms with Crippen LogP contribution in [-0.4, -0.2) is 30.8 Å². The van der Waals surface area contributed by atoms with E-state index in [4.69, 9.17) is 5.73 Å². The van der Waals surface area contributed by atoms with Gasteiger partial charge >= 0.3 is 0 Å². The number of anilines is 1. The van der Waals surface area contributed by atoms with Gasteiger partial charge in [0.15, 0.2) is 16.7 Å². The third kappa shape index (κ3) is 1.73. The summed E-state index contributed by atoms with van der Waals surface area (Å²) in [4.78, 5) is 0. The molecule has 0 aliphatic carbocycles. The van der Waals surface area contributed by atoms with E-state index in [0.717, 1.165) is 0 Å². The maximum absolute atomic E-state index is 13.4. The summed E-state index contributed by atoms with van der Waals surface area (Å²) >= 11 is 0. The highest BCUT2D eigenvalue weighted by atomic mass is 31.2. The summed E-state index contributed by atoms with van der Waals surface area (Å²) in [6.45, 7) is 0. The molecule has 0 amide bonds. The topological polar surface area (TPSA) is 126 Å². The quantitative estimate of drug-likeness (QED) is 0.534. The van der Waals surface area contributed by atoms with Crippen molar-refractivity contribution in [3.63, 3.8) is 0 Å². The summed E-state index contributed by atoms with van der Waals surface area (Å²) in [5, 5.41) is 20.7. The number of benzene rings is 1. The van der Waals surface area contributed by atoms with Crippen LogP contribution in [0.4, 0.5) is 5.82 Å². The average molecular weight is 275 g/mol.